The summed E-state index contributed by atoms with van der Waals surface area (Å²) in [6.07, 6.45) is 1.38. The molecule has 0 bridgehead atoms. The maximum atomic E-state index is 12.1. The molecule has 0 saturated carbocycles. The van der Waals surface area contributed by atoms with Crippen molar-refractivity contribution in [2.75, 3.05) is 13.2 Å². The first-order chi connectivity index (χ1) is 11.1. The molecule has 0 aliphatic carbocycles. The highest BCUT2D eigenvalue weighted by Gasteiger charge is 2.22. The van der Waals surface area contributed by atoms with Gasteiger partial charge in [0.05, 0.1) is 37.2 Å². The molecule has 0 N–H and O–H groups in total. The topological polar surface area (TPSA) is 70.4 Å². The molecule has 0 aliphatic heterocycles. The molecule has 6 nitrogen and oxygen atoms in total. The highest BCUT2D eigenvalue weighted by atomic mass is 16.5. The second-order valence-electron chi connectivity index (χ2n) is 4.95. The van der Waals surface area contributed by atoms with Crippen LogP contribution < -0.4 is 0 Å². The van der Waals surface area contributed by atoms with E-state index in [1.165, 1.54) is 6.20 Å². The van der Waals surface area contributed by atoms with E-state index in [9.17, 15) is 9.59 Å². The largest absolute Gasteiger partial charge is 0.466 e. The average Bonchev–Trinajstić information content (AvgIpc) is 2.92. The molecule has 1 aromatic heterocycles. The summed E-state index contributed by atoms with van der Waals surface area (Å²) in [7, 11) is 0. The molecular formula is C17H20N2O4. The van der Waals surface area contributed by atoms with Gasteiger partial charge >= 0.3 is 11.9 Å². The monoisotopic (exact) mass is 316 g/mol. The Morgan fingerprint density at radius 2 is 1.74 bits per heavy atom. The molecule has 1 heterocycles. The lowest BCUT2D eigenvalue weighted by molar-refractivity contribution is -0.142. The van der Waals surface area contributed by atoms with Gasteiger partial charge in [0.1, 0.15) is 5.56 Å². The lowest BCUT2D eigenvalue weighted by Gasteiger charge is -2.09. The summed E-state index contributed by atoms with van der Waals surface area (Å²) in [6, 6.07) is 7.64. The molecule has 0 radical (unpaired) electrons. The minimum Gasteiger partial charge on any atom is -0.466 e. The molecule has 0 atom stereocenters. The van der Waals surface area contributed by atoms with Gasteiger partial charge in [0.2, 0.25) is 0 Å². The summed E-state index contributed by atoms with van der Waals surface area (Å²) >= 11 is 0. The maximum Gasteiger partial charge on any atom is 0.341 e. The Balaban J connectivity index is 2.43. The quantitative estimate of drug-likeness (QED) is 0.766. The number of esters is 2. The van der Waals surface area contributed by atoms with Gasteiger partial charge in [0, 0.05) is 0 Å². The van der Waals surface area contributed by atoms with Crippen molar-refractivity contribution >= 4 is 11.9 Å². The maximum absolute atomic E-state index is 12.1. The molecule has 2 aromatic rings. The van der Waals surface area contributed by atoms with Gasteiger partial charge in [-0.15, -0.1) is 0 Å². The Morgan fingerprint density at radius 3 is 2.35 bits per heavy atom. The zero-order valence-electron chi connectivity index (χ0n) is 13.5. The van der Waals surface area contributed by atoms with E-state index in [0.29, 0.717) is 5.69 Å². The van der Waals surface area contributed by atoms with Gasteiger partial charge in [-0.3, -0.25) is 4.79 Å². The second kappa shape index (κ2) is 7.58. The third-order valence-corrected chi connectivity index (χ3v) is 3.26. The van der Waals surface area contributed by atoms with Gasteiger partial charge in [-0.05, 0) is 32.9 Å². The number of benzene rings is 1. The van der Waals surface area contributed by atoms with Gasteiger partial charge in [0.15, 0.2) is 0 Å². The Kier molecular flexibility index (Phi) is 5.51. The van der Waals surface area contributed by atoms with E-state index in [1.54, 1.807) is 18.5 Å². The minimum atomic E-state index is -0.495. The Labute approximate surface area is 135 Å². The van der Waals surface area contributed by atoms with Crippen LogP contribution in [0.25, 0.3) is 5.69 Å². The molecule has 0 fully saturated rings. The van der Waals surface area contributed by atoms with Crippen molar-refractivity contribution < 1.29 is 19.1 Å². The van der Waals surface area contributed by atoms with E-state index in [0.717, 1.165) is 11.3 Å². The Hall–Kier alpha value is -2.63. The van der Waals surface area contributed by atoms with E-state index in [-0.39, 0.29) is 25.2 Å². The lowest BCUT2D eigenvalue weighted by Crippen LogP contribution is -2.15. The number of aryl methyl sites for hydroxylation is 1. The van der Waals surface area contributed by atoms with E-state index in [1.807, 2.05) is 31.2 Å². The fraction of sp³-hybridized carbons (Fsp3) is 0.353. The summed E-state index contributed by atoms with van der Waals surface area (Å²) in [5.74, 6) is -0.905. The fourth-order valence-corrected chi connectivity index (χ4v) is 2.18. The van der Waals surface area contributed by atoms with Crippen LogP contribution in [0.2, 0.25) is 0 Å². The molecule has 0 unspecified atom stereocenters. The first-order valence-electron chi connectivity index (χ1n) is 7.53. The average molecular weight is 316 g/mol. The van der Waals surface area contributed by atoms with Crippen LogP contribution in [0, 0.1) is 6.92 Å². The first-order valence-corrected chi connectivity index (χ1v) is 7.53. The van der Waals surface area contributed by atoms with Crippen molar-refractivity contribution in [1.29, 1.82) is 0 Å². The number of hydrogen-bond donors (Lipinski definition) is 0. The van der Waals surface area contributed by atoms with E-state index < -0.39 is 11.9 Å². The third-order valence-electron chi connectivity index (χ3n) is 3.26. The van der Waals surface area contributed by atoms with Crippen molar-refractivity contribution in [2.24, 2.45) is 0 Å². The molecule has 2 rings (SSSR count). The van der Waals surface area contributed by atoms with Crippen LogP contribution in [0.4, 0.5) is 0 Å². The smallest absolute Gasteiger partial charge is 0.341 e. The number of hydrogen-bond acceptors (Lipinski definition) is 5. The molecule has 122 valence electrons. The van der Waals surface area contributed by atoms with Crippen molar-refractivity contribution in [1.82, 2.24) is 9.78 Å². The number of nitrogens with zero attached hydrogens (tertiary/aromatic N) is 2. The normalized spacial score (nSPS) is 10.4. The number of carbonyl (C=O) groups is 2. The first kappa shape index (κ1) is 16.7. The van der Waals surface area contributed by atoms with Gasteiger partial charge < -0.3 is 9.47 Å². The van der Waals surface area contributed by atoms with Crippen molar-refractivity contribution in [3.05, 3.63) is 47.3 Å². The summed E-state index contributed by atoms with van der Waals surface area (Å²) < 4.78 is 11.6. The van der Waals surface area contributed by atoms with Crippen LogP contribution in [-0.4, -0.2) is 34.9 Å². The second-order valence-corrected chi connectivity index (χ2v) is 4.95. The van der Waals surface area contributed by atoms with Crippen LogP contribution in [0.1, 0.15) is 35.5 Å². The summed E-state index contributed by atoms with van der Waals surface area (Å²) in [4.78, 5) is 23.9. The molecule has 6 heteroatoms. The SMILES string of the molecule is CCOC(=O)Cc1c(C(=O)OCC)cnn1-c1ccc(C)cc1. The summed E-state index contributed by atoms with van der Waals surface area (Å²) in [5, 5.41) is 4.24. The van der Waals surface area contributed by atoms with Crippen molar-refractivity contribution in [3.63, 3.8) is 0 Å². The van der Waals surface area contributed by atoms with Crippen LogP contribution in [0.5, 0.6) is 0 Å². The van der Waals surface area contributed by atoms with Crippen molar-refractivity contribution in [3.8, 4) is 5.69 Å². The molecule has 0 saturated heterocycles. The van der Waals surface area contributed by atoms with Gasteiger partial charge in [-0.25, -0.2) is 9.48 Å². The van der Waals surface area contributed by atoms with E-state index in [4.69, 9.17) is 9.47 Å². The number of aromatic nitrogens is 2. The number of rotatable bonds is 6. The zero-order valence-corrected chi connectivity index (χ0v) is 13.5. The molecular weight excluding hydrogens is 296 g/mol. The highest BCUT2D eigenvalue weighted by molar-refractivity contribution is 5.92. The fourth-order valence-electron chi connectivity index (χ4n) is 2.18. The van der Waals surface area contributed by atoms with Crippen molar-refractivity contribution in [2.45, 2.75) is 27.2 Å². The van der Waals surface area contributed by atoms with Crippen LogP contribution >= 0.6 is 0 Å². The van der Waals surface area contributed by atoms with Crippen LogP contribution in [0.15, 0.2) is 30.5 Å². The Bertz CT molecular complexity index is 689. The lowest BCUT2D eigenvalue weighted by atomic mass is 10.1. The zero-order chi connectivity index (χ0) is 16.8. The third kappa shape index (κ3) is 3.97. The molecule has 0 aliphatic rings. The summed E-state index contributed by atoms with van der Waals surface area (Å²) in [6.45, 7) is 5.99. The molecule has 23 heavy (non-hydrogen) atoms. The van der Waals surface area contributed by atoms with E-state index in [2.05, 4.69) is 5.10 Å². The summed E-state index contributed by atoms with van der Waals surface area (Å²) in [5.41, 5.74) is 2.62. The molecule has 0 amide bonds. The number of carbonyl (C=O) groups excluding carboxylic acids is 2. The van der Waals surface area contributed by atoms with Gasteiger partial charge in [-0.1, -0.05) is 17.7 Å². The molecule has 1 aromatic carbocycles. The van der Waals surface area contributed by atoms with Gasteiger partial charge in [-0.2, -0.15) is 5.10 Å². The van der Waals surface area contributed by atoms with Crippen LogP contribution in [-0.2, 0) is 20.7 Å². The van der Waals surface area contributed by atoms with Gasteiger partial charge in [0.25, 0.3) is 0 Å². The minimum absolute atomic E-state index is 0.0458. The Morgan fingerprint density at radius 1 is 1.09 bits per heavy atom. The predicted octanol–water partition coefficient (Wildman–Crippen LogP) is 2.46. The van der Waals surface area contributed by atoms with E-state index >= 15 is 0 Å². The highest BCUT2D eigenvalue weighted by Crippen LogP contribution is 2.18. The number of ether oxygens (including phenoxy) is 2. The molecule has 0 spiro atoms. The van der Waals surface area contributed by atoms with Crippen LogP contribution in [0.3, 0.4) is 0 Å². The predicted molar refractivity (Wildman–Crippen MR) is 84.6 cm³/mol. The standard InChI is InChI=1S/C17H20N2O4/c1-4-22-16(20)10-15-14(17(21)23-5-2)11-18-19(15)13-8-6-12(3)7-9-13/h6-9,11H,4-5,10H2,1-3H3.